The Morgan fingerprint density at radius 2 is 2.44 bits per heavy atom. The van der Waals surface area contributed by atoms with Crippen LogP contribution in [0.1, 0.15) is 32.6 Å². The third-order valence-corrected chi connectivity index (χ3v) is 4.04. The molecule has 0 aromatic rings. The maximum atomic E-state index is 11.6. The summed E-state index contributed by atoms with van der Waals surface area (Å²) in [5.74, 6) is 3.45. The summed E-state index contributed by atoms with van der Waals surface area (Å²) in [6.07, 6.45) is 8.75. The molecule has 4 heteroatoms. The zero-order chi connectivity index (χ0) is 12.0. The lowest BCUT2D eigenvalue weighted by Gasteiger charge is -2.15. The third-order valence-electron chi connectivity index (χ3n) is 2.81. The van der Waals surface area contributed by atoms with Crippen molar-refractivity contribution in [3.05, 3.63) is 0 Å². The maximum Gasteiger partial charge on any atom is 0.238 e. The van der Waals surface area contributed by atoms with Gasteiger partial charge in [-0.3, -0.25) is 4.79 Å². The Morgan fingerprint density at radius 3 is 3.06 bits per heavy atom. The zero-order valence-corrected chi connectivity index (χ0v) is 10.6. The van der Waals surface area contributed by atoms with Crippen LogP contribution in [0.3, 0.4) is 0 Å². The quantitative estimate of drug-likeness (QED) is 0.708. The molecule has 0 bridgehead atoms. The highest BCUT2D eigenvalue weighted by Gasteiger charge is 2.26. The molecule has 3 unspecified atom stereocenters. The molecule has 3 nitrogen and oxygen atoms in total. The molecular weight excluding hydrogens is 220 g/mol. The first-order chi connectivity index (χ1) is 7.67. The maximum absolute atomic E-state index is 11.6. The summed E-state index contributed by atoms with van der Waals surface area (Å²) in [5.41, 5.74) is 5.64. The molecule has 90 valence electrons. The van der Waals surface area contributed by atoms with Gasteiger partial charge < -0.3 is 11.1 Å². The van der Waals surface area contributed by atoms with Crippen molar-refractivity contribution < 1.29 is 4.79 Å². The summed E-state index contributed by atoms with van der Waals surface area (Å²) < 4.78 is 0. The molecule has 1 amide bonds. The Kier molecular flexibility index (Phi) is 5.72. The van der Waals surface area contributed by atoms with Crippen LogP contribution in [0.15, 0.2) is 0 Å². The summed E-state index contributed by atoms with van der Waals surface area (Å²) >= 11 is 1.97. The summed E-state index contributed by atoms with van der Waals surface area (Å²) in [7, 11) is 0. The smallest absolute Gasteiger partial charge is 0.238 e. The van der Waals surface area contributed by atoms with Crippen LogP contribution >= 0.6 is 11.8 Å². The van der Waals surface area contributed by atoms with E-state index < -0.39 is 6.04 Å². The number of carbonyl (C=O) groups excluding carboxylic acids is 1. The van der Waals surface area contributed by atoms with E-state index in [0.29, 0.717) is 17.7 Å². The Hall–Kier alpha value is -0.660. The van der Waals surface area contributed by atoms with E-state index in [1.54, 1.807) is 0 Å². The third kappa shape index (κ3) is 4.07. The van der Waals surface area contributed by atoms with Crippen LogP contribution in [0.4, 0.5) is 0 Å². The van der Waals surface area contributed by atoms with Crippen molar-refractivity contribution in [1.82, 2.24) is 5.32 Å². The van der Waals surface area contributed by atoms with E-state index in [1.807, 2.05) is 11.8 Å². The molecule has 0 heterocycles. The predicted molar refractivity (Wildman–Crippen MR) is 69.1 cm³/mol. The van der Waals surface area contributed by atoms with Gasteiger partial charge in [-0.05, 0) is 25.0 Å². The zero-order valence-electron chi connectivity index (χ0n) is 9.74. The lowest BCUT2D eigenvalue weighted by molar-refractivity contribution is -0.122. The lowest BCUT2D eigenvalue weighted by Crippen LogP contribution is -2.44. The Morgan fingerprint density at radius 1 is 1.69 bits per heavy atom. The number of nitrogens with one attached hydrogen (secondary N) is 1. The number of carbonyl (C=O) groups is 1. The van der Waals surface area contributed by atoms with Gasteiger partial charge in [0.25, 0.3) is 0 Å². The molecular formula is C12H20N2OS. The number of hydrogen-bond donors (Lipinski definition) is 2. The first kappa shape index (κ1) is 13.4. The Balaban J connectivity index is 2.28. The summed E-state index contributed by atoms with van der Waals surface area (Å²) in [4.78, 5) is 11.6. The van der Waals surface area contributed by atoms with Gasteiger partial charge in [0.15, 0.2) is 0 Å². The highest BCUT2D eigenvalue weighted by atomic mass is 32.2. The number of hydrogen-bond acceptors (Lipinski definition) is 3. The fraction of sp³-hybridized carbons (Fsp3) is 0.750. The lowest BCUT2D eigenvalue weighted by atomic mass is 10.2. The summed E-state index contributed by atoms with van der Waals surface area (Å²) in [6, 6.07) is -0.261. The first-order valence-corrected chi connectivity index (χ1v) is 6.83. The van der Waals surface area contributed by atoms with Gasteiger partial charge in [0, 0.05) is 17.7 Å². The molecule has 0 saturated heterocycles. The van der Waals surface area contributed by atoms with E-state index in [0.717, 1.165) is 18.6 Å². The largest absolute Gasteiger partial charge is 0.352 e. The van der Waals surface area contributed by atoms with Gasteiger partial charge in [-0.15, -0.1) is 12.3 Å². The van der Waals surface area contributed by atoms with E-state index in [1.165, 1.54) is 6.42 Å². The minimum atomic E-state index is -0.553. The minimum Gasteiger partial charge on any atom is -0.352 e. The van der Waals surface area contributed by atoms with Crippen molar-refractivity contribution in [3.8, 4) is 12.3 Å². The van der Waals surface area contributed by atoms with Gasteiger partial charge in [-0.1, -0.05) is 6.92 Å². The van der Waals surface area contributed by atoms with Crippen molar-refractivity contribution in [2.24, 2.45) is 5.73 Å². The highest BCUT2D eigenvalue weighted by molar-refractivity contribution is 7.99. The molecule has 16 heavy (non-hydrogen) atoms. The van der Waals surface area contributed by atoms with Crippen LogP contribution < -0.4 is 11.1 Å². The monoisotopic (exact) mass is 240 g/mol. The van der Waals surface area contributed by atoms with Crippen molar-refractivity contribution in [2.75, 3.05) is 5.75 Å². The summed E-state index contributed by atoms with van der Waals surface area (Å²) in [6.45, 7) is 2.17. The van der Waals surface area contributed by atoms with Crippen LogP contribution in [0.25, 0.3) is 0 Å². The van der Waals surface area contributed by atoms with Gasteiger partial charge in [0.05, 0.1) is 6.04 Å². The van der Waals surface area contributed by atoms with E-state index in [9.17, 15) is 4.79 Å². The predicted octanol–water partition coefficient (Wildman–Crippen LogP) is 1.13. The SMILES string of the molecule is C#CCC(N)C(=O)NC1CCC(SCC)C1. The number of rotatable bonds is 5. The average Bonchev–Trinajstić information content (AvgIpc) is 2.66. The average molecular weight is 240 g/mol. The molecule has 0 aromatic heterocycles. The molecule has 0 radical (unpaired) electrons. The highest BCUT2D eigenvalue weighted by Crippen LogP contribution is 2.29. The van der Waals surface area contributed by atoms with E-state index in [4.69, 9.17) is 12.2 Å². The van der Waals surface area contributed by atoms with Crippen LogP contribution in [-0.4, -0.2) is 29.0 Å². The molecule has 0 aromatic carbocycles. The topological polar surface area (TPSA) is 55.1 Å². The standard InChI is InChI=1S/C12H20N2OS/c1-3-5-11(13)12(15)14-9-6-7-10(8-9)16-4-2/h1,9-11H,4-8,13H2,2H3,(H,14,15). The fourth-order valence-corrected chi connectivity index (χ4v) is 3.13. The molecule has 1 rings (SSSR count). The van der Waals surface area contributed by atoms with Gasteiger partial charge in [-0.2, -0.15) is 11.8 Å². The van der Waals surface area contributed by atoms with Crippen LogP contribution in [0.2, 0.25) is 0 Å². The normalized spacial score (nSPS) is 26.1. The number of terminal acetylenes is 1. The van der Waals surface area contributed by atoms with Gasteiger partial charge >= 0.3 is 0 Å². The molecule has 1 aliphatic carbocycles. The van der Waals surface area contributed by atoms with E-state index in [-0.39, 0.29) is 5.91 Å². The molecule has 3 N–H and O–H groups in total. The second-order valence-electron chi connectivity index (χ2n) is 4.11. The van der Waals surface area contributed by atoms with Gasteiger partial charge in [0.1, 0.15) is 0 Å². The van der Waals surface area contributed by atoms with Crippen molar-refractivity contribution in [3.63, 3.8) is 0 Å². The molecule has 1 fully saturated rings. The van der Waals surface area contributed by atoms with Crippen molar-refractivity contribution >= 4 is 17.7 Å². The fourth-order valence-electron chi connectivity index (χ4n) is 1.99. The molecule has 3 atom stereocenters. The van der Waals surface area contributed by atoms with E-state index in [2.05, 4.69) is 18.2 Å². The van der Waals surface area contributed by atoms with E-state index >= 15 is 0 Å². The number of thioether (sulfide) groups is 1. The molecule has 0 aliphatic heterocycles. The Bertz CT molecular complexity index is 275. The number of amides is 1. The van der Waals surface area contributed by atoms with Crippen LogP contribution in [0.5, 0.6) is 0 Å². The summed E-state index contributed by atoms with van der Waals surface area (Å²) in [5, 5.41) is 3.67. The van der Waals surface area contributed by atoms with Crippen molar-refractivity contribution in [2.45, 2.75) is 49.9 Å². The molecule has 1 saturated carbocycles. The number of nitrogens with two attached hydrogens (primary N) is 1. The van der Waals surface area contributed by atoms with Crippen molar-refractivity contribution in [1.29, 1.82) is 0 Å². The first-order valence-electron chi connectivity index (χ1n) is 5.78. The molecule has 0 spiro atoms. The Labute approximate surface area is 102 Å². The van der Waals surface area contributed by atoms with Crippen LogP contribution in [-0.2, 0) is 4.79 Å². The van der Waals surface area contributed by atoms with Crippen LogP contribution in [0, 0.1) is 12.3 Å². The minimum absolute atomic E-state index is 0.106. The second kappa shape index (κ2) is 6.82. The second-order valence-corrected chi connectivity index (χ2v) is 5.69. The molecule has 1 aliphatic rings. The van der Waals surface area contributed by atoms with Gasteiger partial charge in [-0.25, -0.2) is 0 Å². The van der Waals surface area contributed by atoms with Gasteiger partial charge in [0.2, 0.25) is 5.91 Å².